The highest BCUT2D eigenvalue weighted by molar-refractivity contribution is 7.89. The molecule has 3 heterocycles. The molecule has 3 unspecified atom stereocenters. The molecule has 158 valence electrons. The number of benzene rings is 2. The number of carbonyl (C=O) groups is 1. The Hall–Kier alpha value is -2.38. The Morgan fingerprint density at radius 2 is 1.83 bits per heavy atom. The molecule has 0 radical (unpaired) electrons. The van der Waals surface area contributed by atoms with Gasteiger partial charge in [-0.1, -0.05) is 29.8 Å². The number of methoxy groups -OCH3 is 1. The summed E-state index contributed by atoms with van der Waals surface area (Å²) < 4.78 is 34.5. The topological polar surface area (TPSA) is 66.9 Å². The molecule has 5 rings (SSSR count). The van der Waals surface area contributed by atoms with Crippen LogP contribution >= 0.6 is 0 Å². The molecule has 30 heavy (non-hydrogen) atoms. The summed E-state index contributed by atoms with van der Waals surface area (Å²) in [6.45, 7) is 2.53. The molecule has 0 saturated carbocycles. The quantitative estimate of drug-likeness (QED) is 0.757. The molecule has 0 aromatic heterocycles. The number of piperazine rings is 1. The maximum absolute atomic E-state index is 13.7. The van der Waals surface area contributed by atoms with Crippen LogP contribution in [0.5, 0.6) is 5.75 Å². The van der Waals surface area contributed by atoms with E-state index < -0.39 is 16.1 Å². The molecule has 2 aromatic carbocycles. The Labute approximate surface area is 177 Å². The van der Waals surface area contributed by atoms with Gasteiger partial charge in [-0.3, -0.25) is 4.79 Å². The van der Waals surface area contributed by atoms with E-state index in [1.165, 1.54) is 4.31 Å². The van der Waals surface area contributed by atoms with Gasteiger partial charge in [-0.2, -0.15) is 4.31 Å². The van der Waals surface area contributed by atoms with Crippen molar-refractivity contribution in [3.63, 3.8) is 0 Å². The van der Waals surface area contributed by atoms with Crippen molar-refractivity contribution in [3.8, 4) is 5.75 Å². The molecule has 2 fully saturated rings. The van der Waals surface area contributed by atoms with Crippen molar-refractivity contribution < 1.29 is 17.9 Å². The Balaban J connectivity index is 1.64. The van der Waals surface area contributed by atoms with Gasteiger partial charge in [0.25, 0.3) is 0 Å². The first-order valence-corrected chi connectivity index (χ1v) is 11.9. The van der Waals surface area contributed by atoms with Crippen LogP contribution in [0.15, 0.2) is 47.4 Å². The number of piperidine rings is 1. The van der Waals surface area contributed by atoms with E-state index in [0.29, 0.717) is 13.0 Å². The minimum atomic E-state index is -3.79. The largest absolute Gasteiger partial charge is 0.496 e. The number of hydrogen-bond acceptors (Lipinski definition) is 4. The maximum Gasteiger partial charge on any atom is 0.244 e. The fraction of sp³-hybridized carbons (Fsp3) is 0.435. The predicted octanol–water partition coefficient (Wildman–Crippen LogP) is 3.06. The molecule has 0 N–H and O–H groups in total. The van der Waals surface area contributed by atoms with Crippen LogP contribution in [0.3, 0.4) is 0 Å². The Morgan fingerprint density at radius 3 is 2.57 bits per heavy atom. The van der Waals surface area contributed by atoms with Crippen molar-refractivity contribution in [1.29, 1.82) is 0 Å². The van der Waals surface area contributed by atoms with Crippen LogP contribution in [0.25, 0.3) is 0 Å². The van der Waals surface area contributed by atoms with Gasteiger partial charge in [0.15, 0.2) is 0 Å². The van der Waals surface area contributed by atoms with Crippen LogP contribution in [0.4, 0.5) is 0 Å². The van der Waals surface area contributed by atoms with Crippen LogP contribution in [-0.4, -0.2) is 49.3 Å². The lowest BCUT2D eigenvalue weighted by atomic mass is 9.80. The summed E-state index contributed by atoms with van der Waals surface area (Å²) in [6.07, 6.45) is 2.90. The normalized spacial score (nSPS) is 26.1. The average Bonchev–Trinajstić information content (AvgIpc) is 2.76. The lowest BCUT2D eigenvalue weighted by Gasteiger charge is -2.54. The second kappa shape index (κ2) is 7.10. The number of fused-ring (bicyclic) bond motifs is 6. The zero-order valence-corrected chi connectivity index (χ0v) is 18.1. The van der Waals surface area contributed by atoms with Crippen LogP contribution in [0.1, 0.15) is 42.0 Å². The minimum Gasteiger partial charge on any atom is -0.496 e. The van der Waals surface area contributed by atoms with E-state index in [2.05, 4.69) is 0 Å². The van der Waals surface area contributed by atoms with Crippen molar-refractivity contribution in [2.45, 2.75) is 55.6 Å². The summed E-state index contributed by atoms with van der Waals surface area (Å²) in [5.41, 5.74) is 3.11. The van der Waals surface area contributed by atoms with Crippen molar-refractivity contribution in [2.24, 2.45) is 0 Å². The molecule has 2 bridgehead atoms. The monoisotopic (exact) mass is 426 g/mol. The number of aryl methyl sites for hydroxylation is 1. The first-order chi connectivity index (χ1) is 14.4. The molecule has 7 heteroatoms. The van der Waals surface area contributed by atoms with Gasteiger partial charge in [-0.15, -0.1) is 0 Å². The van der Waals surface area contributed by atoms with E-state index in [-0.39, 0.29) is 22.9 Å². The highest BCUT2D eigenvalue weighted by Crippen LogP contribution is 2.47. The van der Waals surface area contributed by atoms with E-state index in [9.17, 15) is 13.2 Å². The molecule has 2 aromatic rings. The molecular weight excluding hydrogens is 400 g/mol. The molecule has 1 amide bonds. The number of sulfonamides is 1. The van der Waals surface area contributed by atoms with E-state index >= 15 is 0 Å². The Kier molecular flexibility index (Phi) is 4.63. The van der Waals surface area contributed by atoms with E-state index in [1.807, 2.05) is 42.2 Å². The van der Waals surface area contributed by atoms with Gasteiger partial charge in [0, 0.05) is 12.1 Å². The minimum absolute atomic E-state index is 0.0693. The second-order valence-corrected chi connectivity index (χ2v) is 10.3. The van der Waals surface area contributed by atoms with Crippen LogP contribution in [0.2, 0.25) is 0 Å². The van der Waals surface area contributed by atoms with Gasteiger partial charge >= 0.3 is 0 Å². The molecule has 0 spiro atoms. The Morgan fingerprint density at radius 1 is 1.07 bits per heavy atom. The summed E-state index contributed by atoms with van der Waals surface area (Å²) in [5, 5.41) is 0. The third-order valence-electron chi connectivity index (χ3n) is 6.79. The van der Waals surface area contributed by atoms with Crippen LogP contribution < -0.4 is 4.74 Å². The first-order valence-electron chi connectivity index (χ1n) is 10.5. The van der Waals surface area contributed by atoms with Gasteiger partial charge in [-0.05, 0) is 56.4 Å². The first kappa shape index (κ1) is 19.6. The lowest BCUT2D eigenvalue weighted by Crippen LogP contribution is -2.67. The van der Waals surface area contributed by atoms with Crippen LogP contribution in [0, 0.1) is 6.92 Å². The third-order valence-corrected chi connectivity index (χ3v) is 8.74. The number of nitrogens with zero attached hydrogens (tertiary/aromatic N) is 2. The summed E-state index contributed by atoms with van der Waals surface area (Å²) in [5.74, 6) is 0.741. The van der Waals surface area contributed by atoms with Gasteiger partial charge < -0.3 is 9.64 Å². The van der Waals surface area contributed by atoms with Crippen molar-refractivity contribution in [3.05, 3.63) is 59.2 Å². The molecule has 6 nitrogen and oxygen atoms in total. The fourth-order valence-corrected chi connectivity index (χ4v) is 7.26. The zero-order chi connectivity index (χ0) is 21.0. The highest BCUT2D eigenvalue weighted by atomic mass is 32.2. The molecule has 0 aliphatic carbocycles. The van der Waals surface area contributed by atoms with Crippen LogP contribution in [-0.2, 0) is 21.2 Å². The number of rotatable bonds is 3. The third kappa shape index (κ3) is 2.79. The SMILES string of the molecule is COc1cccc2c1CCN1C(=O)C3CCCC(C21)N3S(=O)(=O)c1ccc(C)cc1. The number of hydrogen-bond donors (Lipinski definition) is 0. The summed E-state index contributed by atoms with van der Waals surface area (Å²) in [7, 11) is -2.13. The maximum atomic E-state index is 13.7. The van der Waals surface area contributed by atoms with Gasteiger partial charge in [0.05, 0.1) is 24.1 Å². The summed E-state index contributed by atoms with van der Waals surface area (Å²) in [6, 6.07) is 11.6. The lowest BCUT2D eigenvalue weighted by molar-refractivity contribution is -0.150. The van der Waals surface area contributed by atoms with Crippen molar-refractivity contribution in [2.75, 3.05) is 13.7 Å². The molecular formula is C23H26N2O4S. The summed E-state index contributed by atoms with van der Waals surface area (Å²) >= 11 is 0. The molecule has 3 atom stereocenters. The fourth-order valence-electron chi connectivity index (χ4n) is 5.42. The Bertz CT molecular complexity index is 1100. The molecule has 3 aliphatic rings. The van der Waals surface area contributed by atoms with Gasteiger partial charge in [0.2, 0.25) is 15.9 Å². The van der Waals surface area contributed by atoms with Crippen molar-refractivity contribution >= 4 is 15.9 Å². The smallest absolute Gasteiger partial charge is 0.244 e. The second-order valence-electron chi connectivity index (χ2n) is 8.42. The number of ether oxygens (including phenoxy) is 1. The number of amides is 1. The van der Waals surface area contributed by atoms with E-state index in [4.69, 9.17) is 4.74 Å². The zero-order valence-electron chi connectivity index (χ0n) is 17.2. The predicted molar refractivity (Wildman–Crippen MR) is 113 cm³/mol. The van der Waals surface area contributed by atoms with Crippen molar-refractivity contribution in [1.82, 2.24) is 9.21 Å². The molecule has 2 saturated heterocycles. The summed E-state index contributed by atoms with van der Waals surface area (Å²) in [4.78, 5) is 15.6. The highest BCUT2D eigenvalue weighted by Gasteiger charge is 2.55. The molecule has 3 aliphatic heterocycles. The average molecular weight is 427 g/mol. The standard InChI is InChI=1S/C23H26N2O4S/c1-15-9-11-16(12-10-15)30(27,28)25-19-6-4-7-20(25)23(26)24-14-13-17-18(22(19)24)5-3-8-21(17)29-2/h3,5,8-12,19-20,22H,4,6-7,13-14H2,1-2H3. The number of carbonyl (C=O) groups excluding carboxylic acids is 1. The van der Waals surface area contributed by atoms with E-state index in [1.54, 1.807) is 19.2 Å². The van der Waals surface area contributed by atoms with Gasteiger partial charge in [-0.25, -0.2) is 8.42 Å². The van der Waals surface area contributed by atoms with Gasteiger partial charge in [0.1, 0.15) is 11.8 Å². The van der Waals surface area contributed by atoms with E-state index in [0.717, 1.165) is 41.7 Å².